The van der Waals surface area contributed by atoms with Crippen molar-refractivity contribution >= 4 is 5.82 Å². The molecular weight excluding hydrogens is 246 g/mol. The van der Waals surface area contributed by atoms with Crippen LogP contribution in [0.15, 0.2) is 12.1 Å². The van der Waals surface area contributed by atoms with Crippen LogP contribution < -0.4 is 10.2 Å². The summed E-state index contributed by atoms with van der Waals surface area (Å²) in [7, 11) is 0. The molecule has 1 aromatic rings. The van der Waals surface area contributed by atoms with Gasteiger partial charge in [-0.05, 0) is 44.4 Å². The van der Waals surface area contributed by atoms with E-state index in [4.69, 9.17) is 4.98 Å². The smallest absolute Gasteiger partial charge is 0.129 e. The predicted molar refractivity (Wildman–Crippen MR) is 88.3 cm³/mol. The Hall–Kier alpha value is -1.09. The van der Waals surface area contributed by atoms with Crippen LogP contribution in [0.25, 0.3) is 0 Å². The van der Waals surface area contributed by atoms with E-state index < -0.39 is 0 Å². The molecule has 0 fully saturated rings. The molecule has 0 aromatic carbocycles. The molecule has 1 heterocycles. The minimum absolute atomic E-state index is 0.470. The zero-order valence-corrected chi connectivity index (χ0v) is 14.2. The van der Waals surface area contributed by atoms with E-state index in [0.29, 0.717) is 18.0 Å². The minimum atomic E-state index is 0.470. The van der Waals surface area contributed by atoms with Crippen molar-refractivity contribution in [3.63, 3.8) is 0 Å². The molecule has 1 aromatic heterocycles. The van der Waals surface area contributed by atoms with Gasteiger partial charge in [0.15, 0.2) is 0 Å². The van der Waals surface area contributed by atoms with Gasteiger partial charge in [-0.15, -0.1) is 0 Å². The molecule has 3 heteroatoms. The highest BCUT2D eigenvalue weighted by molar-refractivity contribution is 5.43. The Morgan fingerprint density at radius 3 is 2.25 bits per heavy atom. The van der Waals surface area contributed by atoms with Gasteiger partial charge in [-0.2, -0.15) is 0 Å². The minimum Gasteiger partial charge on any atom is -0.354 e. The van der Waals surface area contributed by atoms with Gasteiger partial charge in [0.2, 0.25) is 0 Å². The summed E-state index contributed by atoms with van der Waals surface area (Å²) in [6.45, 7) is 17.4. The third-order valence-electron chi connectivity index (χ3n) is 3.19. The Morgan fingerprint density at radius 2 is 1.75 bits per heavy atom. The maximum atomic E-state index is 4.73. The maximum absolute atomic E-state index is 4.73. The van der Waals surface area contributed by atoms with Crippen molar-refractivity contribution < 1.29 is 0 Å². The van der Waals surface area contributed by atoms with Crippen LogP contribution in [0.1, 0.15) is 52.8 Å². The van der Waals surface area contributed by atoms with Crippen molar-refractivity contribution in [1.82, 2.24) is 10.3 Å². The summed E-state index contributed by atoms with van der Waals surface area (Å²) >= 11 is 0. The molecule has 1 N–H and O–H groups in total. The van der Waals surface area contributed by atoms with Crippen LogP contribution in [-0.4, -0.2) is 23.6 Å². The second-order valence-electron chi connectivity index (χ2n) is 6.65. The lowest BCUT2D eigenvalue weighted by atomic mass is 10.1. The van der Waals surface area contributed by atoms with E-state index in [1.807, 2.05) is 0 Å². The first-order valence-corrected chi connectivity index (χ1v) is 7.77. The molecule has 20 heavy (non-hydrogen) atoms. The van der Waals surface area contributed by atoms with E-state index >= 15 is 0 Å². The Labute approximate surface area is 124 Å². The van der Waals surface area contributed by atoms with Gasteiger partial charge in [0.1, 0.15) is 5.82 Å². The van der Waals surface area contributed by atoms with Crippen LogP contribution in [0, 0.1) is 12.8 Å². The summed E-state index contributed by atoms with van der Waals surface area (Å²) in [4.78, 5) is 7.13. The number of pyridine rings is 1. The number of nitrogens with one attached hydrogen (secondary N) is 1. The van der Waals surface area contributed by atoms with Crippen LogP contribution in [0.4, 0.5) is 5.82 Å². The van der Waals surface area contributed by atoms with Gasteiger partial charge in [0, 0.05) is 30.9 Å². The Morgan fingerprint density at radius 1 is 1.10 bits per heavy atom. The van der Waals surface area contributed by atoms with Crippen molar-refractivity contribution in [2.75, 3.05) is 11.4 Å². The highest BCUT2D eigenvalue weighted by Crippen LogP contribution is 2.19. The van der Waals surface area contributed by atoms with E-state index in [-0.39, 0.29) is 0 Å². The quantitative estimate of drug-likeness (QED) is 0.822. The second-order valence-corrected chi connectivity index (χ2v) is 6.65. The van der Waals surface area contributed by atoms with Crippen LogP contribution in [0.2, 0.25) is 0 Å². The molecule has 1 rings (SSSR count). The Balaban J connectivity index is 2.96. The van der Waals surface area contributed by atoms with E-state index in [1.165, 1.54) is 5.56 Å². The van der Waals surface area contributed by atoms with Gasteiger partial charge in [-0.3, -0.25) is 0 Å². The predicted octanol–water partition coefficient (Wildman–Crippen LogP) is 3.76. The molecule has 0 aliphatic carbocycles. The molecule has 114 valence electrons. The number of hydrogen-bond donors (Lipinski definition) is 1. The van der Waals surface area contributed by atoms with Gasteiger partial charge in [0.05, 0.1) is 0 Å². The van der Waals surface area contributed by atoms with Crippen LogP contribution in [0.5, 0.6) is 0 Å². The molecule has 0 unspecified atom stereocenters. The summed E-state index contributed by atoms with van der Waals surface area (Å²) in [5.74, 6) is 1.74. The molecule has 0 amide bonds. The van der Waals surface area contributed by atoms with E-state index in [2.05, 4.69) is 70.8 Å². The van der Waals surface area contributed by atoms with E-state index in [1.54, 1.807) is 0 Å². The van der Waals surface area contributed by atoms with Crippen molar-refractivity contribution in [3.8, 4) is 0 Å². The van der Waals surface area contributed by atoms with Crippen molar-refractivity contribution in [1.29, 1.82) is 0 Å². The summed E-state index contributed by atoms with van der Waals surface area (Å²) < 4.78 is 0. The largest absolute Gasteiger partial charge is 0.354 e. The number of hydrogen-bond acceptors (Lipinski definition) is 3. The standard InChI is InChI=1S/C17H31N3/c1-12(2)11-20(14(5)6)17-9-16(8-15(7)19-17)10-18-13(3)4/h8-9,12-14,18H,10-11H2,1-7H3. The highest BCUT2D eigenvalue weighted by atomic mass is 15.2. The molecule has 0 atom stereocenters. The van der Waals surface area contributed by atoms with Gasteiger partial charge in [-0.1, -0.05) is 27.7 Å². The normalized spacial score (nSPS) is 11.7. The van der Waals surface area contributed by atoms with E-state index in [0.717, 1.165) is 24.6 Å². The maximum Gasteiger partial charge on any atom is 0.129 e. The fourth-order valence-corrected chi connectivity index (χ4v) is 2.25. The molecule has 0 spiro atoms. The number of nitrogens with zero attached hydrogens (tertiary/aromatic N) is 2. The molecular formula is C17H31N3. The SMILES string of the molecule is Cc1cc(CNC(C)C)cc(N(CC(C)C)C(C)C)n1. The zero-order chi connectivity index (χ0) is 15.3. The first-order valence-electron chi connectivity index (χ1n) is 7.77. The topological polar surface area (TPSA) is 28.2 Å². The lowest BCUT2D eigenvalue weighted by Gasteiger charge is -2.30. The van der Waals surface area contributed by atoms with Crippen molar-refractivity contribution in [2.45, 2.75) is 67.1 Å². The average Bonchev–Trinajstić information content (AvgIpc) is 2.32. The van der Waals surface area contributed by atoms with Crippen LogP contribution in [0.3, 0.4) is 0 Å². The third-order valence-corrected chi connectivity index (χ3v) is 3.19. The summed E-state index contributed by atoms with van der Waals surface area (Å²) in [6.07, 6.45) is 0. The molecule has 0 radical (unpaired) electrons. The molecule has 0 bridgehead atoms. The fraction of sp³-hybridized carbons (Fsp3) is 0.706. The first kappa shape index (κ1) is 17.0. The fourth-order valence-electron chi connectivity index (χ4n) is 2.25. The molecule has 3 nitrogen and oxygen atoms in total. The van der Waals surface area contributed by atoms with Crippen LogP contribution in [-0.2, 0) is 6.54 Å². The Kier molecular flexibility index (Phi) is 6.47. The monoisotopic (exact) mass is 277 g/mol. The van der Waals surface area contributed by atoms with Gasteiger partial charge >= 0.3 is 0 Å². The number of aryl methyl sites for hydroxylation is 1. The third kappa shape index (κ3) is 5.49. The van der Waals surface area contributed by atoms with Crippen molar-refractivity contribution in [2.24, 2.45) is 5.92 Å². The van der Waals surface area contributed by atoms with Gasteiger partial charge in [0.25, 0.3) is 0 Å². The molecule has 0 aliphatic heterocycles. The van der Waals surface area contributed by atoms with Gasteiger partial charge in [-0.25, -0.2) is 4.98 Å². The molecule has 0 aliphatic rings. The van der Waals surface area contributed by atoms with Crippen LogP contribution >= 0.6 is 0 Å². The Bertz CT molecular complexity index is 411. The lowest BCUT2D eigenvalue weighted by Crippen LogP contribution is -2.35. The average molecular weight is 277 g/mol. The first-order chi connectivity index (χ1) is 9.29. The van der Waals surface area contributed by atoms with E-state index in [9.17, 15) is 0 Å². The number of anilines is 1. The van der Waals surface area contributed by atoms with Gasteiger partial charge < -0.3 is 10.2 Å². The molecule has 0 saturated carbocycles. The summed E-state index contributed by atoms with van der Waals surface area (Å²) in [5.41, 5.74) is 2.41. The van der Waals surface area contributed by atoms with Crippen molar-refractivity contribution in [3.05, 3.63) is 23.4 Å². The summed E-state index contributed by atoms with van der Waals surface area (Å²) in [6, 6.07) is 5.37. The number of rotatable bonds is 7. The molecule has 0 saturated heterocycles. The second kappa shape index (κ2) is 7.63. The zero-order valence-electron chi connectivity index (χ0n) is 14.2. The highest BCUT2D eigenvalue weighted by Gasteiger charge is 2.14. The number of aromatic nitrogens is 1. The lowest BCUT2D eigenvalue weighted by molar-refractivity contribution is 0.563. The summed E-state index contributed by atoms with van der Waals surface area (Å²) in [5, 5.41) is 3.48.